The smallest absolute Gasteiger partial charge is 0.239 e. The lowest BCUT2D eigenvalue weighted by molar-refractivity contribution is -0.132. The molecule has 25 heavy (non-hydrogen) atoms. The molecule has 1 aliphatic rings. The van der Waals surface area contributed by atoms with E-state index in [-0.39, 0.29) is 11.8 Å². The van der Waals surface area contributed by atoms with Gasteiger partial charge in [0.15, 0.2) is 0 Å². The topological polar surface area (TPSA) is 75.4 Å². The summed E-state index contributed by atoms with van der Waals surface area (Å²) in [5, 5.41) is 7.36. The van der Waals surface area contributed by atoms with Gasteiger partial charge in [-0.3, -0.25) is 9.59 Å². The summed E-state index contributed by atoms with van der Waals surface area (Å²) < 4.78 is 5.11. The average Bonchev–Trinajstić information content (AvgIpc) is 3.12. The summed E-state index contributed by atoms with van der Waals surface area (Å²) in [6, 6.07) is 7.05. The normalized spacial score (nSPS) is 17.2. The highest BCUT2D eigenvalue weighted by Gasteiger charge is 2.37. The van der Waals surface area contributed by atoms with Crippen molar-refractivity contribution >= 4 is 29.1 Å². The maximum absolute atomic E-state index is 12.5. The lowest BCUT2D eigenvalue weighted by Gasteiger charge is -2.16. The van der Waals surface area contributed by atoms with E-state index in [0.717, 1.165) is 22.7 Å². The molecule has 3 rings (SSSR count). The summed E-state index contributed by atoms with van der Waals surface area (Å²) in [6.45, 7) is 4.70. The quantitative estimate of drug-likeness (QED) is 0.831. The molecule has 0 saturated carbocycles. The van der Waals surface area contributed by atoms with Crippen LogP contribution >= 0.6 is 11.6 Å². The molecule has 1 fully saturated rings. The van der Waals surface area contributed by atoms with Crippen molar-refractivity contribution in [2.24, 2.45) is 5.92 Å². The number of nitrogens with one attached hydrogen (secondary N) is 1. The number of hydrogen-bond acceptors (Lipinski definition) is 4. The van der Waals surface area contributed by atoms with Crippen molar-refractivity contribution in [3.63, 3.8) is 0 Å². The van der Waals surface area contributed by atoms with Crippen molar-refractivity contribution in [3.8, 4) is 0 Å². The summed E-state index contributed by atoms with van der Waals surface area (Å²) >= 11 is 5.88. The number of aromatic nitrogens is 1. The van der Waals surface area contributed by atoms with E-state index in [1.165, 1.54) is 0 Å². The lowest BCUT2D eigenvalue weighted by Crippen LogP contribution is -2.37. The highest BCUT2D eigenvalue weighted by molar-refractivity contribution is 6.30. The van der Waals surface area contributed by atoms with Gasteiger partial charge in [0, 0.05) is 29.4 Å². The summed E-state index contributed by atoms with van der Waals surface area (Å²) in [4.78, 5) is 26.5. The number of benzene rings is 1. The van der Waals surface area contributed by atoms with E-state index in [2.05, 4.69) is 10.5 Å². The Labute approximate surface area is 151 Å². The number of nitrogens with zero attached hydrogens (tertiary/aromatic N) is 2. The predicted molar refractivity (Wildman–Crippen MR) is 94.6 cm³/mol. The molecule has 1 atom stereocenters. The third-order valence-electron chi connectivity index (χ3n) is 4.52. The first-order valence-electron chi connectivity index (χ1n) is 8.24. The first-order chi connectivity index (χ1) is 12.0. The van der Waals surface area contributed by atoms with Crippen molar-refractivity contribution in [2.45, 2.75) is 26.7 Å². The Morgan fingerprint density at radius 3 is 2.72 bits per heavy atom. The highest BCUT2D eigenvalue weighted by atomic mass is 35.5. The number of amides is 2. The molecule has 0 aliphatic carbocycles. The van der Waals surface area contributed by atoms with Gasteiger partial charge in [0.05, 0.1) is 5.69 Å². The van der Waals surface area contributed by atoms with Crippen LogP contribution in [0.5, 0.6) is 0 Å². The van der Waals surface area contributed by atoms with Crippen molar-refractivity contribution in [1.82, 2.24) is 10.5 Å². The van der Waals surface area contributed by atoms with Crippen LogP contribution in [0.2, 0.25) is 5.02 Å². The lowest BCUT2D eigenvalue weighted by atomic mass is 10.1. The standard InChI is InChI=1S/C18H20ClN3O3/c1-11-15(12(2)25-21-11)7-9-20-17(23)16-8-10-22(18(16)24)14-5-3-13(19)4-6-14/h3-6,16H,7-10H2,1-2H3,(H,20,23). The molecule has 1 aromatic carbocycles. The van der Waals surface area contributed by atoms with Crippen LogP contribution in [0.15, 0.2) is 28.8 Å². The van der Waals surface area contributed by atoms with Gasteiger partial charge in [0.2, 0.25) is 11.8 Å². The zero-order chi connectivity index (χ0) is 18.0. The Bertz CT molecular complexity index is 766. The van der Waals surface area contributed by atoms with Crippen LogP contribution in [-0.4, -0.2) is 30.1 Å². The second-order valence-corrected chi connectivity index (χ2v) is 6.59. The largest absolute Gasteiger partial charge is 0.361 e. The van der Waals surface area contributed by atoms with Crippen LogP contribution in [0.4, 0.5) is 5.69 Å². The highest BCUT2D eigenvalue weighted by Crippen LogP contribution is 2.26. The fourth-order valence-electron chi connectivity index (χ4n) is 3.09. The van der Waals surface area contributed by atoms with E-state index in [1.807, 2.05) is 13.8 Å². The third kappa shape index (κ3) is 3.69. The van der Waals surface area contributed by atoms with Gasteiger partial charge in [-0.25, -0.2) is 0 Å². The molecular weight excluding hydrogens is 342 g/mol. The Morgan fingerprint density at radius 2 is 2.08 bits per heavy atom. The van der Waals surface area contributed by atoms with Crippen LogP contribution in [0.25, 0.3) is 0 Å². The van der Waals surface area contributed by atoms with E-state index < -0.39 is 5.92 Å². The first-order valence-corrected chi connectivity index (χ1v) is 8.61. The van der Waals surface area contributed by atoms with Gasteiger partial charge >= 0.3 is 0 Å². The Hall–Kier alpha value is -2.34. The SMILES string of the molecule is Cc1noc(C)c1CCNC(=O)C1CCN(c2ccc(Cl)cc2)C1=O. The molecule has 2 heterocycles. The maximum atomic E-state index is 12.5. The van der Waals surface area contributed by atoms with E-state index in [9.17, 15) is 9.59 Å². The molecule has 7 heteroatoms. The molecule has 1 aromatic heterocycles. The van der Waals surface area contributed by atoms with Crippen LogP contribution in [0.1, 0.15) is 23.4 Å². The van der Waals surface area contributed by atoms with Gasteiger partial charge < -0.3 is 14.7 Å². The number of rotatable bonds is 5. The number of hydrogen-bond donors (Lipinski definition) is 1. The molecule has 0 spiro atoms. The van der Waals surface area contributed by atoms with E-state index in [4.69, 9.17) is 16.1 Å². The summed E-state index contributed by atoms with van der Waals surface area (Å²) in [6.07, 6.45) is 1.15. The molecule has 6 nitrogen and oxygen atoms in total. The summed E-state index contributed by atoms with van der Waals surface area (Å²) in [5.74, 6) is -0.275. The molecule has 2 aromatic rings. The number of carbonyl (C=O) groups is 2. The van der Waals surface area contributed by atoms with E-state index >= 15 is 0 Å². The molecule has 1 aliphatic heterocycles. The van der Waals surface area contributed by atoms with E-state index in [0.29, 0.717) is 31.0 Å². The molecule has 0 radical (unpaired) electrons. The molecule has 132 valence electrons. The number of halogens is 1. The van der Waals surface area contributed by atoms with Crippen LogP contribution in [0.3, 0.4) is 0 Å². The van der Waals surface area contributed by atoms with E-state index in [1.54, 1.807) is 29.2 Å². The molecular formula is C18H20ClN3O3. The predicted octanol–water partition coefficient (Wildman–Crippen LogP) is 2.66. The minimum atomic E-state index is -0.639. The van der Waals surface area contributed by atoms with Crippen molar-refractivity contribution in [3.05, 3.63) is 46.3 Å². The van der Waals surface area contributed by atoms with Gasteiger partial charge in [0.25, 0.3) is 0 Å². The van der Waals surface area contributed by atoms with Gasteiger partial charge in [-0.1, -0.05) is 16.8 Å². The monoisotopic (exact) mass is 361 g/mol. The van der Waals surface area contributed by atoms with Gasteiger partial charge in [-0.2, -0.15) is 0 Å². The fraction of sp³-hybridized carbons (Fsp3) is 0.389. The minimum Gasteiger partial charge on any atom is -0.361 e. The average molecular weight is 362 g/mol. The minimum absolute atomic E-state index is 0.169. The molecule has 0 bridgehead atoms. The first kappa shape index (κ1) is 17.5. The van der Waals surface area contributed by atoms with Crippen LogP contribution in [-0.2, 0) is 16.0 Å². The Morgan fingerprint density at radius 1 is 1.36 bits per heavy atom. The molecule has 1 saturated heterocycles. The zero-order valence-corrected chi connectivity index (χ0v) is 15.0. The molecule has 1 unspecified atom stereocenters. The van der Waals surface area contributed by atoms with Crippen molar-refractivity contribution in [1.29, 1.82) is 0 Å². The molecule has 2 amide bonds. The van der Waals surface area contributed by atoms with Gasteiger partial charge in [-0.05, 0) is 51.0 Å². The third-order valence-corrected chi connectivity index (χ3v) is 4.77. The number of carbonyl (C=O) groups excluding carboxylic acids is 2. The fourth-order valence-corrected chi connectivity index (χ4v) is 3.22. The summed E-state index contributed by atoms with van der Waals surface area (Å²) in [5.41, 5.74) is 2.60. The Kier molecular flexibility index (Phi) is 5.08. The second-order valence-electron chi connectivity index (χ2n) is 6.15. The van der Waals surface area contributed by atoms with Gasteiger partial charge in [-0.15, -0.1) is 0 Å². The maximum Gasteiger partial charge on any atom is 0.239 e. The Balaban J connectivity index is 1.56. The second kappa shape index (κ2) is 7.27. The van der Waals surface area contributed by atoms with Crippen LogP contribution in [0, 0.1) is 19.8 Å². The number of aryl methyl sites for hydroxylation is 2. The van der Waals surface area contributed by atoms with Crippen molar-refractivity contribution in [2.75, 3.05) is 18.0 Å². The zero-order valence-electron chi connectivity index (χ0n) is 14.2. The number of anilines is 1. The molecule has 1 N–H and O–H groups in total. The summed E-state index contributed by atoms with van der Waals surface area (Å²) in [7, 11) is 0. The van der Waals surface area contributed by atoms with Crippen LogP contribution < -0.4 is 10.2 Å². The van der Waals surface area contributed by atoms with Gasteiger partial charge in [0.1, 0.15) is 11.7 Å². The van der Waals surface area contributed by atoms with Crippen molar-refractivity contribution < 1.29 is 14.1 Å².